The predicted molar refractivity (Wildman–Crippen MR) is 79.6 cm³/mol. The zero-order chi connectivity index (χ0) is 15.1. The first kappa shape index (κ1) is 15.8. The van der Waals surface area contributed by atoms with Crippen LogP contribution in [0.1, 0.15) is 31.4 Å². The number of ether oxygens (including phenoxy) is 2. The largest absolute Gasteiger partial charge is 0.494 e. The number of carboxylic acids is 1. The molecule has 0 spiro atoms. The van der Waals surface area contributed by atoms with Gasteiger partial charge < -0.3 is 14.6 Å². The van der Waals surface area contributed by atoms with E-state index < -0.39 is 5.97 Å². The van der Waals surface area contributed by atoms with Crippen molar-refractivity contribution in [2.24, 2.45) is 0 Å². The maximum atomic E-state index is 11.2. The molecule has 1 atom stereocenters. The summed E-state index contributed by atoms with van der Waals surface area (Å²) in [5, 5.41) is 9.20. The third-order valence-electron chi connectivity index (χ3n) is 3.57. The molecule has 0 aliphatic carbocycles. The molecule has 1 aromatic rings. The summed E-state index contributed by atoms with van der Waals surface area (Å²) in [5.41, 5.74) is 0.993. The highest BCUT2D eigenvalue weighted by Gasteiger charge is 2.25. The van der Waals surface area contributed by atoms with Gasteiger partial charge in [-0.25, -0.2) is 0 Å². The van der Waals surface area contributed by atoms with E-state index in [2.05, 4.69) is 11.8 Å². The van der Waals surface area contributed by atoms with Crippen molar-refractivity contribution in [1.29, 1.82) is 0 Å². The number of hydrogen-bond donors (Lipinski definition) is 1. The van der Waals surface area contributed by atoms with Gasteiger partial charge in [-0.15, -0.1) is 0 Å². The van der Waals surface area contributed by atoms with Crippen LogP contribution in [-0.2, 0) is 9.53 Å². The summed E-state index contributed by atoms with van der Waals surface area (Å²) in [7, 11) is 0. The molecule has 1 heterocycles. The fourth-order valence-corrected chi connectivity index (χ4v) is 2.54. The van der Waals surface area contributed by atoms with Gasteiger partial charge in [-0.3, -0.25) is 9.69 Å². The number of nitrogens with zero attached hydrogens (tertiary/aromatic N) is 1. The van der Waals surface area contributed by atoms with Gasteiger partial charge in [0.1, 0.15) is 5.75 Å². The third-order valence-corrected chi connectivity index (χ3v) is 3.57. The molecule has 5 nitrogen and oxygen atoms in total. The second-order valence-corrected chi connectivity index (χ2v) is 5.18. The van der Waals surface area contributed by atoms with E-state index in [9.17, 15) is 9.90 Å². The topological polar surface area (TPSA) is 59.0 Å². The van der Waals surface area contributed by atoms with Crippen molar-refractivity contribution < 1.29 is 19.4 Å². The molecule has 0 radical (unpaired) electrons. The summed E-state index contributed by atoms with van der Waals surface area (Å²) >= 11 is 0. The lowest BCUT2D eigenvalue weighted by atomic mass is 10.0. The van der Waals surface area contributed by atoms with Crippen molar-refractivity contribution >= 4 is 5.97 Å². The van der Waals surface area contributed by atoms with Crippen molar-refractivity contribution in [3.8, 4) is 5.75 Å². The highest BCUT2D eigenvalue weighted by atomic mass is 16.5. The number of hydrogen-bond acceptors (Lipinski definition) is 4. The Kier molecular flexibility index (Phi) is 6.02. The molecule has 1 aliphatic heterocycles. The van der Waals surface area contributed by atoms with Crippen LogP contribution in [0.25, 0.3) is 0 Å². The third kappa shape index (κ3) is 4.72. The van der Waals surface area contributed by atoms with E-state index in [0.717, 1.165) is 30.8 Å². The second kappa shape index (κ2) is 8.00. The van der Waals surface area contributed by atoms with E-state index in [1.165, 1.54) is 0 Å². The first-order chi connectivity index (χ1) is 10.2. The molecule has 2 rings (SSSR count). The van der Waals surface area contributed by atoms with E-state index in [1.54, 1.807) is 0 Å². The molecule has 1 fully saturated rings. The van der Waals surface area contributed by atoms with Gasteiger partial charge in [0, 0.05) is 19.1 Å². The van der Waals surface area contributed by atoms with Crippen LogP contribution in [0.3, 0.4) is 0 Å². The second-order valence-electron chi connectivity index (χ2n) is 5.18. The molecule has 0 bridgehead atoms. The van der Waals surface area contributed by atoms with Crippen LogP contribution in [0.15, 0.2) is 24.3 Å². The number of benzene rings is 1. The average Bonchev–Trinajstić information content (AvgIpc) is 2.51. The minimum atomic E-state index is -0.786. The Bertz CT molecular complexity index is 457. The lowest BCUT2D eigenvalue weighted by Crippen LogP contribution is -2.39. The lowest BCUT2D eigenvalue weighted by molar-refractivity contribution is -0.139. The van der Waals surface area contributed by atoms with Gasteiger partial charge >= 0.3 is 5.97 Å². The Balaban J connectivity index is 2.16. The lowest BCUT2D eigenvalue weighted by Gasteiger charge is -2.34. The molecular formula is C16H23NO4. The minimum absolute atomic E-state index is 0.0945. The Hall–Kier alpha value is -1.59. The van der Waals surface area contributed by atoms with Crippen LogP contribution in [0, 0.1) is 0 Å². The molecule has 1 N–H and O–H groups in total. The van der Waals surface area contributed by atoms with Gasteiger partial charge in [0.25, 0.3) is 0 Å². The zero-order valence-electron chi connectivity index (χ0n) is 12.5. The first-order valence-electron chi connectivity index (χ1n) is 7.47. The Morgan fingerprint density at radius 2 is 2.19 bits per heavy atom. The molecule has 0 saturated carbocycles. The first-order valence-corrected chi connectivity index (χ1v) is 7.47. The fourth-order valence-electron chi connectivity index (χ4n) is 2.54. The molecule has 0 aromatic heterocycles. The SMILES string of the molecule is CCCOc1cccc(C(CC(=O)O)N2CCOCC2)c1. The maximum Gasteiger partial charge on any atom is 0.305 e. The summed E-state index contributed by atoms with van der Waals surface area (Å²) in [4.78, 5) is 13.4. The molecule has 1 aliphatic rings. The van der Waals surface area contributed by atoms with Crippen molar-refractivity contribution in [3.05, 3.63) is 29.8 Å². The molecule has 5 heteroatoms. The average molecular weight is 293 g/mol. The molecule has 1 saturated heterocycles. The number of rotatable bonds is 7. The van der Waals surface area contributed by atoms with Gasteiger partial charge in [0.05, 0.1) is 26.2 Å². The van der Waals surface area contributed by atoms with Crippen LogP contribution in [0.4, 0.5) is 0 Å². The standard InChI is InChI=1S/C16H23NO4/c1-2-8-21-14-5-3-4-13(11-14)15(12-16(18)19)17-6-9-20-10-7-17/h3-5,11,15H,2,6-10,12H2,1H3,(H,18,19). The maximum absolute atomic E-state index is 11.2. The molecule has 1 aromatic carbocycles. The van der Waals surface area contributed by atoms with Gasteiger partial charge in [-0.1, -0.05) is 19.1 Å². The molecule has 1 unspecified atom stereocenters. The van der Waals surface area contributed by atoms with E-state index in [4.69, 9.17) is 9.47 Å². The quantitative estimate of drug-likeness (QED) is 0.836. The van der Waals surface area contributed by atoms with Gasteiger partial charge in [0.15, 0.2) is 0 Å². The smallest absolute Gasteiger partial charge is 0.305 e. The van der Waals surface area contributed by atoms with Crippen LogP contribution in [-0.4, -0.2) is 48.9 Å². The van der Waals surface area contributed by atoms with Crippen molar-refractivity contribution in [3.63, 3.8) is 0 Å². The molecular weight excluding hydrogens is 270 g/mol. The molecule has 0 amide bonds. The highest BCUT2D eigenvalue weighted by molar-refractivity contribution is 5.68. The predicted octanol–water partition coefficient (Wildman–Crippen LogP) is 2.32. The highest BCUT2D eigenvalue weighted by Crippen LogP contribution is 2.28. The zero-order valence-corrected chi connectivity index (χ0v) is 12.5. The van der Waals surface area contributed by atoms with Gasteiger partial charge in [0.2, 0.25) is 0 Å². The number of morpholine rings is 1. The van der Waals surface area contributed by atoms with Crippen molar-refractivity contribution in [2.45, 2.75) is 25.8 Å². The molecule has 21 heavy (non-hydrogen) atoms. The van der Waals surface area contributed by atoms with Crippen LogP contribution in [0.2, 0.25) is 0 Å². The van der Waals surface area contributed by atoms with Gasteiger partial charge in [-0.2, -0.15) is 0 Å². The Morgan fingerprint density at radius 1 is 1.43 bits per heavy atom. The normalized spacial score (nSPS) is 17.4. The summed E-state index contributed by atoms with van der Waals surface area (Å²) in [6.07, 6.45) is 1.05. The van der Waals surface area contributed by atoms with E-state index in [0.29, 0.717) is 19.8 Å². The summed E-state index contributed by atoms with van der Waals surface area (Å²) < 4.78 is 11.0. The van der Waals surface area contributed by atoms with Crippen molar-refractivity contribution in [2.75, 3.05) is 32.9 Å². The molecule has 116 valence electrons. The van der Waals surface area contributed by atoms with E-state index in [1.807, 2.05) is 24.3 Å². The number of carbonyl (C=O) groups is 1. The summed E-state index contributed by atoms with van der Waals surface area (Å²) in [5.74, 6) is 0.0179. The van der Waals surface area contributed by atoms with Crippen LogP contribution in [0.5, 0.6) is 5.75 Å². The summed E-state index contributed by atoms with van der Waals surface area (Å²) in [6, 6.07) is 7.64. The monoisotopic (exact) mass is 293 g/mol. The summed E-state index contributed by atoms with van der Waals surface area (Å²) in [6.45, 7) is 5.57. The Morgan fingerprint density at radius 3 is 2.86 bits per heavy atom. The van der Waals surface area contributed by atoms with E-state index in [-0.39, 0.29) is 12.5 Å². The van der Waals surface area contributed by atoms with Crippen LogP contribution >= 0.6 is 0 Å². The Labute approximate surface area is 125 Å². The van der Waals surface area contributed by atoms with Gasteiger partial charge in [-0.05, 0) is 24.1 Å². The number of carboxylic acid groups (broad SMARTS) is 1. The van der Waals surface area contributed by atoms with Crippen LogP contribution < -0.4 is 4.74 Å². The fraction of sp³-hybridized carbons (Fsp3) is 0.562. The van der Waals surface area contributed by atoms with E-state index >= 15 is 0 Å². The van der Waals surface area contributed by atoms with Crippen molar-refractivity contribution in [1.82, 2.24) is 4.90 Å². The number of aliphatic carboxylic acids is 1. The minimum Gasteiger partial charge on any atom is -0.494 e.